The predicted octanol–water partition coefficient (Wildman–Crippen LogP) is 3.77. The predicted molar refractivity (Wildman–Crippen MR) is 75.6 cm³/mol. The van der Waals surface area contributed by atoms with E-state index in [1.807, 2.05) is 24.3 Å². The van der Waals surface area contributed by atoms with E-state index >= 15 is 0 Å². The zero-order valence-electron chi connectivity index (χ0n) is 9.88. The molecule has 94 valence electrons. The SMILES string of the molecule is O=C(Nc1cccc(Cl)c1)n1cnc2ccccc21. The topological polar surface area (TPSA) is 46.9 Å². The van der Waals surface area contributed by atoms with Gasteiger partial charge in [0.1, 0.15) is 6.33 Å². The maximum atomic E-state index is 12.2. The molecule has 0 spiro atoms. The number of aromatic nitrogens is 2. The van der Waals surface area contributed by atoms with E-state index in [4.69, 9.17) is 11.6 Å². The molecule has 0 unspecified atom stereocenters. The highest BCUT2D eigenvalue weighted by Crippen LogP contribution is 2.16. The molecular formula is C14H10ClN3O. The number of para-hydroxylation sites is 2. The van der Waals surface area contributed by atoms with E-state index in [0.717, 1.165) is 11.0 Å². The summed E-state index contributed by atoms with van der Waals surface area (Å²) in [6.45, 7) is 0. The summed E-state index contributed by atoms with van der Waals surface area (Å²) in [6, 6.07) is 14.2. The number of carbonyl (C=O) groups is 1. The number of amides is 1. The van der Waals surface area contributed by atoms with Crippen LogP contribution in [0.15, 0.2) is 54.9 Å². The molecule has 1 N–H and O–H groups in total. The molecule has 0 aliphatic rings. The molecule has 5 heteroatoms. The molecule has 0 radical (unpaired) electrons. The third-order valence-corrected chi connectivity index (χ3v) is 2.98. The second kappa shape index (κ2) is 4.74. The first kappa shape index (κ1) is 11.7. The molecule has 0 saturated carbocycles. The van der Waals surface area contributed by atoms with Crippen molar-refractivity contribution in [3.8, 4) is 0 Å². The number of hydrogen-bond donors (Lipinski definition) is 1. The third-order valence-electron chi connectivity index (χ3n) is 2.75. The Morgan fingerprint density at radius 1 is 1.16 bits per heavy atom. The van der Waals surface area contributed by atoms with E-state index in [1.54, 1.807) is 24.3 Å². The first-order valence-electron chi connectivity index (χ1n) is 5.73. The summed E-state index contributed by atoms with van der Waals surface area (Å²) in [6.07, 6.45) is 1.50. The molecule has 0 aliphatic heterocycles. The second-order valence-corrected chi connectivity index (χ2v) is 4.48. The van der Waals surface area contributed by atoms with Crippen molar-refractivity contribution in [2.24, 2.45) is 0 Å². The van der Waals surface area contributed by atoms with E-state index in [1.165, 1.54) is 10.9 Å². The van der Waals surface area contributed by atoms with Gasteiger partial charge in [-0.1, -0.05) is 29.8 Å². The number of anilines is 1. The molecular weight excluding hydrogens is 262 g/mol. The molecule has 1 aromatic heterocycles. The monoisotopic (exact) mass is 271 g/mol. The quantitative estimate of drug-likeness (QED) is 0.732. The number of halogens is 1. The summed E-state index contributed by atoms with van der Waals surface area (Å²) in [5.74, 6) is 0. The van der Waals surface area contributed by atoms with Crippen LogP contribution in [0.25, 0.3) is 11.0 Å². The van der Waals surface area contributed by atoms with Gasteiger partial charge in [0.05, 0.1) is 11.0 Å². The summed E-state index contributed by atoms with van der Waals surface area (Å²) in [4.78, 5) is 16.3. The van der Waals surface area contributed by atoms with Gasteiger partial charge in [-0.05, 0) is 30.3 Å². The number of nitrogens with one attached hydrogen (secondary N) is 1. The minimum atomic E-state index is -0.268. The van der Waals surface area contributed by atoms with Crippen LogP contribution >= 0.6 is 11.6 Å². The Hall–Kier alpha value is -2.33. The molecule has 1 amide bonds. The van der Waals surface area contributed by atoms with E-state index in [-0.39, 0.29) is 6.03 Å². The summed E-state index contributed by atoms with van der Waals surface area (Å²) in [5, 5.41) is 3.35. The summed E-state index contributed by atoms with van der Waals surface area (Å²) < 4.78 is 1.47. The van der Waals surface area contributed by atoms with Gasteiger partial charge in [-0.15, -0.1) is 0 Å². The number of nitrogens with zero attached hydrogens (tertiary/aromatic N) is 2. The minimum Gasteiger partial charge on any atom is -0.307 e. The van der Waals surface area contributed by atoms with Crippen LogP contribution in [0, 0.1) is 0 Å². The first-order valence-corrected chi connectivity index (χ1v) is 6.11. The molecule has 2 aromatic carbocycles. The zero-order valence-corrected chi connectivity index (χ0v) is 10.6. The molecule has 4 nitrogen and oxygen atoms in total. The highest BCUT2D eigenvalue weighted by Gasteiger charge is 2.09. The van der Waals surface area contributed by atoms with Gasteiger partial charge < -0.3 is 5.32 Å². The standard InChI is InChI=1S/C14H10ClN3O/c15-10-4-3-5-11(8-10)17-14(19)18-9-16-12-6-1-2-7-13(12)18/h1-9H,(H,17,19). The maximum absolute atomic E-state index is 12.2. The number of rotatable bonds is 1. The van der Waals surface area contributed by atoms with Crippen LogP contribution in [-0.4, -0.2) is 15.6 Å². The highest BCUT2D eigenvalue weighted by atomic mass is 35.5. The largest absolute Gasteiger partial charge is 0.331 e. The fourth-order valence-electron chi connectivity index (χ4n) is 1.87. The Labute approximate surface area is 114 Å². The van der Waals surface area contributed by atoms with Crippen molar-refractivity contribution in [3.63, 3.8) is 0 Å². The van der Waals surface area contributed by atoms with Gasteiger partial charge >= 0.3 is 6.03 Å². The third kappa shape index (κ3) is 2.30. The molecule has 19 heavy (non-hydrogen) atoms. The summed E-state index contributed by atoms with van der Waals surface area (Å²) >= 11 is 5.88. The van der Waals surface area contributed by atoms with Crippen molar-refractivity contribution in [2.75, 3.05) is 5.32 Å². The lowest BCUT2D eigenvalue weighted by Gasteiger charge is -2.06. The normalized spacial score (nSPS) is 10.6. The summed E-state index contributed by atoms with van der Waals surface area (Å²) in [5.41, 5.74) is 2.20. The molecule has 3 aromatic rings. The van der Waals surface area contributed by atoms with Crippen LogP contribution in [-0.2, 0) is 0 Å². The lowest BCUT2D eigenvalue weighted by atomic mass is 10.3. The van der Waals surface area contributed by atoms with Crippen LogP contribution in [0.2, 0.25) is 5.02 Å². The van der Waals surface area contributed by atoms with Crippen molar-refractivity contribution in [2.45, 2.75) is 0 Å². The van der Waals surface area contributed by atoms with Crippen LogP contribution < -0.4 is 5.32 Å². The Morgan fingerprint density at radius 3 is 2.84 bits per heavy atom. The fourth-order valence-corrected chi connectivity index (χ4v) is 2.06. The molecule has 0 bridgehead atoms. The smallest absolute Gasteiger partial charge is 0.307 e. The zero-order chi connectivity index (χ0) is 13.2. The van der Waals surface area contributed by atoms with Crippen molar-refractivity contribution in [1.29, 1.82) is 0 Å². The van der Waals surface area contributed by atoms with E-state index < -0.39 is 0 Å². The van der Waals surface area contributed by atoms with Crippen LogP contribution in [0.1, 0.15) is 0 Å². The van der Waals surface area contributed by atoms with E-state index in [0.29, 0.717) is 10.7 Å². The molecule has 0 fully saturated rings. The van der Waals surface area contributed by atoms with Gasteiger partial charge in [-0.25, -0.2) is 9.78 Å². The number of imidazole rings is 1. The van der Waals surface area contributed by atoms with Gasteiger partial charge in [0, 0.05) is 10.7 Å². The Morgan fingerprint density at radius 2 is 2.00 bits per heavy atom. The Balaban J connectivity index is 1.92. The minimum absolute atomic E-state index is 0.268. The maximum Gasteiger partial charge on any atom is 0.331 e. The number of fused-ring (bicyclic) bond motifs is 1. The molecule has 0 aliphatic carbocycles. The second-order valence-electron chi connectivity index (χ2n) is 4.04. The molecule has 0 atom stereocenters. The highest BCUT2D eigenvalue weighted by molar-refractivity contribution is 6.30. The number of carbonyl (C=O) groups excluding carboxylic acids is 1. The van der Waals surface area contributed by atoms with Gasteiger partial charge in [0.15, 0.2) is 0 Å². The number of benzene rings is 2. The van der Waals surface area contributed by atoms with Crippen molar-refractivity contribution < 1.29 is 4.79 Å². The van der Waals surface area contributed by atoms with Crippen LogP contribution in [0.4, 0.5) is 10.5 Å². The van der Waals surface area contributed by atoms with Gasteiger partial charge in [0.2, 0.25) is 0 Å². The fraction of sp³-hybridized carbons (Fsp3) is 0. The average Bonchev–Trinajstić information content (AvgIpc) is 2.82. The van der Waals surface area contributed by atoms with Gasteiger partial charge in [-0.3, -0.25) is 4.57 Å². The summed E-state index contributed by atoms with van der Waals surface area (Å²) in [7, 11) is 0. The first-order chi connectivity index (χ1) is 9.24. The van der Waals surface area contributed by atoms with E-state index in [2.05, 4.69) is 10.3 Å². The molecule has 0 saturated heterocycles. The Bertz CT molecular complexity index is 751. The van der Waals surface area contributed by atoms with Crippen LogP contribution in [0.3, 0.4) is 0 Å². The lowest BCUT2D eigenvalue weighted by Crippen LogP contribution is -2.18. The number of hydrogen-bond acceptors (Lipinski definition) is 2. The molecule has 3 rings (SSSR count). The average molecular weight is 272 g/mol. The molecule has 1 heterocycles. The lowest BCUT2D eigenvalue weighted by molar-refractivity contribution is 0.254. The van der Waals surface area contributed by atoms with Gasteiger partial charge in [0.25, 0.3) is 0 Å². The Kier molecular flexibility index (Phi) is 2.93. The van der Waals surface area contributed by atoms with Crippen LogP contribution in [0.5, 0.6) is 0 Å². The van der Waals surface area contributed by atoms with E-state index in [9.17, 15) is 4.79 Å². The van der Waals surface area contributed by atoms with Crippen molar-refractivity contribution in [1.82, 2.24) is 9.55 Å². The van der Waals surface area contributed by atoms with Crippen molar-refractivity contribution in [3.05, 3.63) is 59.9 Å². The van der Waals surface area contributed by atoms with Gasteiger partial charge in [-0.2, -0.15) is 0 Å². The van der Waals surface area contributed by atoms with Crippen molar-refractivity contribution >= 4 is 34.4 Å².